The fraction of sp³-hybridized carbons (Fsp3) is 0.800. The summed E-state index contributed by atoms with van der Waals surface area (Å²) in [7, 11) is 0. The lowest BCUT2D eigenvalue weighted by Crippen LogP contribution is -2.19. The summed E-state index contributed by atoms with van der Waals surface area (Å²) < 4.78 is 0. The molecule has 0 saturated heterocycles. The number of aliphatic hydroxyl groups is 1. The molecular formula is C10H20O. The first-order chi connectivity index (χ1) is 5.12. The van der Waals surface area contributed by atoms with E-state index < -0.39 is 5.60 Å². The van der Waals surface area contributed by atoms with Crippen LogP contribution in [0.1, 0.15) is 46.0 Å². The van der Waals surface area contributed by atoms with Crippen LogP contribution in [0.3, 0.4) is 0 Å². The zero-order valence-electron chi connectivity index (χ0n) is 7.77. The van der Waals surface area contributed by atoms with Crippen LogP contribution >= 0.6 is 0 Å². The molecule has 1 nitrogen and oxygen atoms in total. The Morgan fingerprint density at radius 2 is 2.00 bits per heavy atom. The summed E-state index contributed by atoms with van der Waals surface area (Å²) in [6, 6.07) is 0. The van der Waals surface area contributed by atoms with Gasteiger partial charge in [0, 0.05) is 0 Å². The van der Waals surface area contributed by atoms with Crippen molar-refractivity contribution in [2.75, 3.05) is 0 Å². The van der Waals surface area contributed by atoms with Crippen molar-refractivity contribution in [1.82, 2.24) is 0 Å². The summed E-state index contributed by atoms with van der Waals surface area (Å²) in [5.41, 5.74) is -0.645. The van der Waals surface area contributed by atoms with E-state index in [1.165, 1.54) is 19.3 Å². The van der Waals surface area contributed by atoms with E-state index in [2.05, 4.69) is 13.5 Å². The highest BCUT2D eigenvalue weighted by Gasteiger charge is 2.13. The van der Waals surface area contributed by atoms with Gasteiger partial charge in [-0.2, -0.15) is 0 Å². The maximum absolute atomic E-state index is 9.50. The third-order valence-electron chi connectivity index (χ3n) is 1.98. The predicted octanol–water partition coefficient (Wildman–Crippen LogP) is 2.89. The lowest BCUT2D eigenvalue weighted by atomic mass is 9.98. The minimum Gasteiger partial charge on any atom is -0.386 e. The summed E-state index contributed by atoms with van der Waals surface area (Å²) in [6.07, 6.45) is 7.31. The number of hydrogen-bond donors (Lipinski definition) is 1. The lowest BCUT2D eigenvalue weighted by Gasteiger charge is -2.17. The maximum Gasteiger partial charge on any atom is 0.0797 e. The topological polar surface area (TPSA) is 20.2 Å². The molecule has 0 fully saturated rings. The number of unbranched alkanes of at least 4 members (excludes halogenated alkanes) is 3. The Labute approximate surface area is 70.1 Å². The van der Waals surface area contributed by atoms with Crippen molar-refractivity contribution in [2.45, 2.75) is 51.6 Å². The van der Waals surface area contributed by atoms with E-state index in [0.29, 0.717) is 0 Å². The molecule has 11 heavy (non-hydrogen) atoms. The van der Waals surface area contributed by atoms with Crippen LogP contribution in [0.5, 0.6) is 0 Å². The molecule has 0 aliphatic heterocycles. The van der Waals surface area contributed by atoms with E-state index in [4.69, 9.17) is 0 Å². The zero-order valence-corrected chi connectivity index (χ0v) is 7.77. The molecule has 0 aliphatic rings. The first kappa shape index (κ1) is 10.7. The molecule has 1 unspecified atom stereocenters. The molecule has 66 valence electrons. The van der Waals surface area contributed by atoms with Gasteiger partial charge in [-0.05, 0) is 13.3 Å². The lowest BCUT2D eigenvalue weighted by molar-refractivity contribution is 0.0989. The second kappa shape index (κ2) is 5.36. The fourth-order valence-electron chi connectivity index (χ4n) is 1.01. The van der Waals surface area contributed by atoms with Crippen molar-refractivity contribution in [3.63, 3.8) is 0 Å². The normalized spacial score (nSPS) is 15.9. The minimum absolute atomic E-state index is 0.645. The molecule has 0 heterocycles. The van der Waals surface area contributed by atoms with E-state index in [1.54, 1.807) is 6.08 Å². The van der Waals surface area contributed by atoms with Crippen LogP contribution in [0.25, 0.3) is 0 Å². The minimum atomic E-state index is -0.645. The van der Waals surface area contributed by atoms with Crippen molar-refractivity contribution in [3.05, 3.63) is 12.7 Å². The van der Waals surface area contributed by atoms with Crippen LogP contribution in [-0.2, 0) is 0 Å². The van der Waals surface area contributed by atoms with Crippen molar-refractivity contribution < 1.29 is 5.11 Å². The molecule has 0 aliphatic carbocycles. The smallest absolute Gasteiger partial charge is 0.0797 e. The quantitative estimate of drug-likeness (QED) is 0.463. The molecule has 0 radical (unpaired) electrons. The van der Waals surface area contributed by atoms with E-state index >= 15 is 0 Å². The second-order valence-electron chi connectivity index (χ2n) is 3.37. The Balaban J connectivity index is 3.30. The van der Waals surface area contributed by atoms with Gasteiger partial charge in [-0.3, -0.25) is 0 Å². The van der Waals surface area contributed by atoms with Crippen LogP contribution in [0, 0.1) is 0 Å². The Kier molecular flexibility index (Phi) is 5.22. The van der Waals surface area contributed by atoms with E-state index in [9.17, 15) is 5.11 Å². The molecule has 0 aromatic rings. The van der Waals surface area contributed by atoms with Gasteiger partial charge in [-0.1, -0.05) is 38.7 Å². The largest absolute Gasteiger partial charge is 0.386 e. The molecule has 1 heteroatoms. The molecule has 0 aromatic carbocycles. The van der Waals surface area contributed by atoms with Gasteiger partial charge in [0.2, 0.25) is 0 Å². The van der Waals surface area contributed by atoms with E-state index in [1.807, 2.05) is 6.92 Å². The summed E-state index contributed by atoms with van der Waals surface area (Å²) in [6.45, 7) is 7.58. The molecule has 0 bridgehead atoms. The SMILES string of the molecule is C=CC(C)(O)CCCCCC. The fourth-order valence-corrected chi connectivity index (χ4v) is 1.01. The van der Waals surface area contributed by atoms with E-state index in [-0.39, 0.29) is 0 Å². The standard InChI is InChI=1S/C10H20O/c1-4-6-7-8-9-10(3,11)5-2/h5,11H,2,4,6-9H2,1,3H3. The molecule has 0 rings (SSSR count). The van der Waals surface area contributed by atoms with Gasteiger partial charge < -0.3 is 5.11 Å². The van der Waals surface area contributed by atoms with Gasteiger partial charge in [-0.15, -0.1) is 6.58 Å². The average molecular weight is 156 g/mol. The molecule has 1 atom stereocenters. The molecule has 0 aromatic heterocycles. The monoisotopic (exact) mass is 156 g/mol. The van der Waals surface area contributed by atoms with Gasteiger partial charge in [0.25, 0.3) is 0 Å². The van der Waals surface area contributed by atoms with Gasteiger partial charge >= 0.3 is 0 Å². The highest BCUT2D eigenvalue weighted by atomic mass is 16.3. The average Bonchev–Trinajstić information content (AvgIpc) is 1.99. The van der Waals surface area contributed by atoms with E-state index in [0.717, 1.165) is 12.8 Å². The van der Waals surface area contributed by atoms with Gasteiger partial charge in [-0.25, -0.2) is 0 Å². The predicted molar refractivity (Wildman–Crippen MR) is 49.6 cm³/mol. The summed E-state index contributed by atoms with van der Waals surface area (Å²) >= 11 is 0. The van der Waals surface area contributed by atoms with Crippen LogP contribution in [-0.4, -0.2) is 10.7 Å². The highest BCUT2D eigenvalue weighted by molar-refractivity contribution is 4.91. The molecular weight excluding hydrogens is 136 g/mol. The third-order valence-corrected chi connectivity index (χ3v) is 1.98. The molecule has 1 N–H and O–H groups in total. The second-order valence-corrected chi connectivity index (χ2v) is 3.37. The highest BCUT2D eigenvalue weighted by Crippen LogP contribution is 2.15. The van der Waals surface area contributed by atoms with Crippen molar-refractivity contribution in [2.24, 2.45) is 0 Å². The third kappa shape index (κ3) is 6.11. The number of rotatable bonds is 6. The first-order valence-electron chi connectivity index (χ1n) is 4.48. The Morgan fingerprint density at radius 3 is 2.45 bits per heavy atom. The molecule has 0 spiro atoms. The zero-order chi connectivity index (χ0) is 8.74. The van der Waals surface area contributed by atoms with Crippen LogP contribution in [0.15, 0.2) is 12.7 Å². The van der Waals surface area contributed by atoms with Crippen LogP contribution in [0.4, 0.5) is 0 Å². The van der Waals surface area contributed by atoms with Gasteiger partial charge in [0.1, 0.15) is 0 Å². The van der Waals surface area contributed by atoms with Crippen LogP contribution in [0.2, 0.25) is 0 Å². The summed E-state index contributed by atoms with van der Waals surface area (Å²) in [4.78, 5) is 0. The Morgan fingerprint density at radius 1 is 1.36 bits per heavy atom. The molecule has 0 saturated carbocycles. The van der Waals surface area contributed by atoms with Crippen molar-refractivity contribution in [1.29, 1.82) is 0 Å². The first-order valence-corrected chi connectivity index (χ1v) is 4.48. The molecule has 0 amide bonds. The van der Waals surface area contributed by atoms with Gasteiger partial charge in [0.15, 0.2) is 0 Å². The van der Waals surface area contributed by atoms with Gasteiger partial charge in [0.05, 0.1) is 5.60 Å². The maximum atomic E-state index is 9.50. The summed E-state index contributed by atoms with van der Waals surface area (Å²) in [5, 5.41) is 9.50. The Bertz CT molecular complexity index is 105. The number of hydrogen-bond acceptors (Lipinski definition) is 1. The van der Waals surface area contributed by atoms with Crippen LogP contribution < -0.4 is 0 Å². The Hall–Kier alpha value is -0.300. The van der Waals surface area contributed by atoms with Crippen molar-refractivity contribution >= 4 is 0 Å². The summed E-state index contributed by atoms with van der Waals surface area (Å²) in [5.74, 6) is 0. The van der Waals surface area contributed by atoms with Crippen molar-refractivity contribution in [3.8, 4) is 0 Å².